The van der Waals surface area contributed by atoms with Gasteiger partial charge in [0.05, 0.1) is 26.1 Å². The third kappa shape index (κ3) is 19.8. The molecule has 28 heavy (non-hydrogen) atoms. The molecule has 0 aromatic rings. The summed E-state index contributed by atoms with van der Waals surface area (Å²) in [5.74, 6) is -0.579. The third-order valence-corrected chi connectivity index (χ3v) is 6.10. The molecule has 0 saturated carbocycles. The molecule has 0 spiro atoms. The number of unbranched alkanes of at least 4 members (excludes halogenated alkanes) is 10. The lowest BCUT2D eigenvalue weighted by atomic mass is 10.1. The predicted molar refractivity (Wildman–Crippen MR) is 115 cm³/mol. The average Bonchev–Trinajstić information content (AvgIpc) is 2.69. The first-order chi connectivity index (χ1) is 13.6. The fourth-order valence-corrected chi connectivity index (χ4v) is 3.91. The van der Waals surface area contributed by atoms with Crippen molar-refractivity contribution in [1.29, 1.82) is 0 Å². The van der Waals surface area contributed by atoms with E-state index in [1.54, 1.807) is 0 Å². The van der Waals surface area contributed by atoms with Crippen LogP contribution in [0.15, 0.2) is 0 Å². The van der Waals surface area contributed by atoms with E-state index in [4.69, 9.17) is 9.47 Å². The minimum Gasteiger partial charge on any atom is -0.466 e. The molecule has 0 fully saturated rings. The summed E-state index contributed by atoms with van der Waals surface area (Å²) in [6, 6.07) is 0. The first-order valence-electron chi connectivity index (χ1n) is 11.3. The topological polar surface area (TPSA) is 69.7 Å². The SMILES string of the molecule is CCCCCCCCOC(=O)CC[P+](=O)CCC(=O)OCCCCCCCC. The number of ether oxygens (including phenoxy) is 2. The van der Waals surface area contributed by atoms with Gasteiger partial charge in [0.1, 0.15) is 0 Å². The van der Waals surface area contributed by atoms with E-state index in [0.29, 0.717) is 13.2 Å². The van der Waals surface area contributed by atoms with Crippen molar-refractivity contribution in [1.82, 2.24) is 0 Å². The summed E-state index contributed by atoms with van der Waals surface area (Å²) in [7, 11) is -1.55. The molecule has 0 saturated heterocycles. The van der Waals surface area contributed by atoms with E-state index in [1.165, 1.54) is 51.4 Å². The van der Waals surface area contributed by atoms with Gasteiger partial charge in [-0.25, -0.2) is 0 Å². The molecule has 5 nitrogen and oxygen atoms in total. The maximum Gasteiger partial charge on any atom is 0.339 e. The maximum atomic E-state index is 11.9. The van der Waals surface area contributed by atoms with E-state index < -0.39 is 7.80 Å². The summed E-state index contributed by atoms with van der Waals surface area (Å²) in [4.78, 5) is 23.3. The monoisotopic (exact) mass is 417 g/mol. The van der Waals surface area contributed by atoms with E-state index in [9.17, 15) is 14.2 Å². The molecule has 0 rings (SSSR count). The number of carbonyl (C=O) groups excluding carboxylic acids is 2. The van der Waals surface area contributed by atoms with Crippen LogP contribution in [0.25, 0.3) is 0 Å². The molecule has 0 aliphatic heterocycles. The molecule has 6 heteroatoms. The standard InChI is InChI=1S/C22H42O5P/c1-3-5-7-9-11-13-17-26-21(23)15-19-28(25)20-16-22(24)27-18-14-12-10-8-6-4-2/h3-20H2,1-2H3/q+1. The van der Waals surface area contributed by atoms with E-state index in [-0.39, 0.29) is 37.1 Å². The Labute approximate surface area is 173 Å². The van der Waals surface area contributed by atoms with E-state index >= 15 is 0 Å². The normalized spacial score (nSPS) is 10.6. The van der Waals surface area contributed by atoms with Gasteiger partial charge in [-0.1, -0.05) is 82.6 Å². The Hall–Kier alpha value is -0.960. The van der Waals surface area contributed by atoms with Crippen LogP contribution in [0.5, 0.6) is 0 Å². The van der Waals surface area contributed by atoms with Crippen LogP contribution in [-0.2, 0) is 23.6 Å². The summed E-state index contributed by atoms with van der Waals surface area (Å²) in [5, 5.41) is 0. The highest BCUT2D eigenvalue weighted by atomic mass is 31.1. The molecule has 0 radical (unpaired) electrons. The summed E-state index contributed by atoms with van der Waals surface area (Å²) in [6.45, 7) is 5.27. The molecule has 0 bridgehead atoms. The van der Waals surface area contributed by atoms with Crippen LogP contribution < -0.4 is 0 Å². The Morgan fingerprint density at radius 3 is 1.36 bits per heavy atom. The predicted octanol–water partition coefficient (Wildman–Crippen LogP) is 6.40. The van der Waals surface area contributed by atoms with Gasteiger partial charge in [-0.3, -0.25) is 9.59 Å². The molecule has 0 atom stereocenters. The third-order valence-electron chi connectivity index (χ3n) is 4.65. The van der Waals surface area contributed by atoms with Crippen molar-refractivity contribution < 1.29 is 23.6 Å². The minimum atomic E-state index is -1.55. The zero-order chi connectivity index (χ0) is 20.9. The zero-order valence-electron chi connectivity index (χ0n) is 18.2. The van der Waals surface area contributed by atoms with Gasteiger partial charge in [0.15, 0.2) is 12.3 Å². The molecular formula is C22H42O5P+. The van der Waals surface area contributed by atoms with Crippen LogP contribution in [0.3, 0.4) is 0 Å². The quantitative estimate of drug-likeness (QED) is 0.130. The smallest absolute Gasteiger partial charge is 0.339 e. The summed E-state index contributed by atoms with van der Waals surface area (Å²) in [5.41, 5.74) is 0. The van der Waals surface area contributed by atoms with Crippen LogP contribution in [-0.4, -0.2) is 37.5 Å². The van der Waals surface area contributed by atoms with Gasteiger partial charge in [-0.05, 0) is 12.8 Å². The van der Waals surface area contributed by atoms with Gasteiger partial charge in [0.2, 0.25) is 0 Å². The van der Waals surface area contributed by atoms with Gasteiger partial charge in [0.25, 0.3) is 0 Å². The fraction of sp³-hybridized carbons (Fsp3) is 0.909. The van der Waals surface area contributed by atoms with Crippen molar-refractivity contribution in [3.63, 3.8) is 0 Å². The highest BCUT2D eigenvalue weighted by molar-refractivity contribution is 7.44. The second-order valence-corrected chi connectivity index (χ2v) is 9.26. The number of hydrogen-bond donors (Lipinski definition) is 0. The van der Waals surface area contributed by atoms with Crippen molar-refractivity contribution in [3.8, 4) is 0 Å². The van der Waals surface area contributed by atoms with E-state index in [1.807, 2.05) is 0 Å². The molecule has 0 aromatic heterocycles. The molecule has 0 heterocycles. The van der Waals surface area contributed by atoms with E-state index in [0.717, 1.165) is 25.7 Å². The van der Waals surface area contributed by atoms with Crippen LogP contribution in [0.2, 0.25) is 0 Å². The Bertz CT molecular complexity index is 376. The van der Waals surface area contributed by atoms with Crippen molar-refractivity contribution in [2.45, 2.75) is 104 Å². The first-order valence-corrected chi connectivity index (χ1v) is 13.0. The maximum absolute atomic E-state index is 11.9. The van der Waals surface area contributed by atoms with Crippen LogP contribution in [0.1, 0.15) is 104 Å². The molecular weight excluding hydrogens is 375 g/mol. The van der Waals surface area contributed by atoms with Crippen LogP contribution >= 0.6 is 7.80 Å². The number of rotatable bonds is 20. The summed E-state index contributed by atoms with van der Waals surface area (Å²) >= 11 is 0. The lowest BCUT2D eigenvalue weighted by Gasteiger charge is -2.03. The zero-order valence-corrected chi connectivity index (χ0v) is 19.1. The number of hydrogen-bond acceptors (Lipinski definition) is 5. The van der Waals surface area contributed by atoms with Gasteiger partial charge < -0.3 is 9.47 Å². The van der Waals surface area contributed by atoms with Crippen molar-refractivity contribution in [2.75, 3.05) is 25.5 Å². The van der Waals surface area contributed by atoms with E-state index in [2.05, 4.69) is 13.8 Å². The highest BCUT2D eigenvalue weighted by Gasteiger charge is 2.20. The average molecular weight is 418 g/mol. The van der Waals surface area contributed by atoms with Crippen molar-refractivity contribution in [2.24, 2.45) is 0 Å². The highest BCUT2D eigenvalue weighted by Crippen LogP contribution is 2.23. The Balaban J connectivity index is 3.49. The van der Waals surface area contributed by atoms with Gasteiger partial charge in [-0.2, -0.15) is 0 Å². The number of esters is 2. The number of carbonyl (C=O) groups is 2. The Morgan fingerprint density at radius 1 is 0.607 bits per heavy atom. The van der Waals surface area contributed by atoms with Gasteiger partial charge >= 0.3 is 19.7 Å². The lowest BCUT2D eigenvalue weighted by molar-refractivity contribution is -0.144. The second kappa shape index (κ2) is 20.8. The van der Waals surface area contributed by atoms with Gasteiger partial charge in [0, 0.05) is 0 Å². The molecule has 0 unspecified atom stereocenters. The molecule has 0 aliphatic rings. The minimum absolute atomic E-state index is 0.165. The molecule has 164 valence electrons. The first kappa shape index (κ1) is 27.0. The molecule has 0 aliphatic carbocycles. The van der Waals surface area contributed by atoms with Crippen molar-refractivity contribution in [3.05, 3.63) is 0 Å². The van der Waals surface area contributed by atoms with Gasteiger partial charge in [-0.15, -0.1) is 0 Å². The lowest BCUT2D eigenvalue weighted by Crippen LogP contribution is -2.09. The van der Waals surface area contributed by atoms with Crippen LogP contribution in [0.4, 0.5) is 0 Å². The molecule has 0 aromatic carbocycles. The largest absolute Gasteiger partial charge is 0.466 e. The second-order valence-electron chi connectivity index (χ2n) is 7.41. The van der Waals surface area contributed by atoms with Crippen molar-refractivity contribution >= 4 is 19.7 Å². The molecule has 0 N–H and O–H groups in total. The summed E-state index contributed by atoms with van der Waals surface area (Å²) < 4.78 is 22.3. The molecule has 0 amide bonds. The fourth-order valence-electron chi connectivity index (χ4n) is 2.82. The summed E-state index contributed by atoms with van der Waals surface area (Å²) in [6.07, 6.45) is 14.7. The Morgan fingerprint density at radius 2 is 0.964 bits per heavy atom. The van der Waals surface area contributed by atoms with Crippen LogP contribution in [0, 0.1) is 0 Å². The Kier molecular flexibility index (Phi) is 20.1.